The molecule has 0 aliphatic heterocycles. The highest BCUT2D eigenvalue weighted by Crippen LogP contribution is 2.27. The van der Waals surface area contributed by atoms with Gasteiger partial charge in [0, 0.05) is 10.5 Å². The van der Waals surface area contributed by atoms with Crippen LogP contribution in [0.25, 0.3) is 0 Å². The van der Waals surface area contributed by atoms with E-state index in [9.17, 15) is 18.9 Å². The minimum absolute atomic E-state index is 0.0171. The van der Waals surface area contributed by atoms with Crippen LogP contribution in [-0.2, 0) is 6.61 Å². The first-order valence-electron chi connectivity index (χ1n) is 5.68. The van der Waals surface area contributed by atoms with Crippen molar-refractivity contribution in [3.63, 3.8) is 0 Å². The van der Waals surface area contributed by atoms with Crippen LogP contribution < -0.4 is 10.5 Å². The first-order valence-corrected chi connectivity index (χ1v) is 6.48. The Morgan fingerprint density at radius 3 is 2.67 bits per heavy atom. The van der Waals surface area contributed by atoms with E-state index in [1.165, 1.54) is 24.3 Å². The zero-order chi connectivity index (χ0) is 15.6. The third kappa shape index (κ3) is 3.46. The van der Waals surface area contributed by atoms with E-state index in [0.29, 0.717) is 10.0 Å². The Kier molecular flexibility index (Phi) is 4.37. The summed E-state index contributed by atoms with van der Waals surface area (Å²) in [5.41, 5.74) is 5.63. The Bertz CT molecular complexity index is 710. The van der Waals surface area contributed by atoms with Crippen LogP contribution in [0.4, 0.5) is 20.2 Å². The average Bonchev–Trinajstić information content (AvgIpc) is 2.42. The van der Waals surface area contributed by atoms with Crippen molar-refractivity contribution in [2.24, 2.45) is 0 Å². The summed E-state index contributed by atoms with van der Waals surface area (Å²) < 4.78 is 32.2. The maximum Gasteiger partial charge on any atom is 0.292 e. The van der Waals surface area contributed by atoms with Crippen LogP contribution in [-0.4, -0.2) is 4.92 Å². The molecule has 0 radical (unpaired) electrons. The number of ether oxygens (including phenoxy) is 1. The minimum atomic E-state index is -1.12. The van der Waals surface area contributed by atoms with Gasteiger partial charge in [0.1, 0.15) is 12.3 Å². The van der Waals surface area contributed by atoms with Crippen LogP contribution in [0.1, 0.15) is 5.56 Å². The van der Waals surface area contributed by atoms with E-state index in [0.717, 1.165) is 6.07 Å². The molecule has 2 aromatic carbocycles. The van der Waals surface area contributed by atoms with E-state index >= 15 is 0 Å². The van der Waals surface area contributed by atoms with Gasteiger partial charge in [-0.15, -0.1) is 0 Å². The van der Waals surface area contributed by atoms with Crippen molar-refractivity contribution in [1.82, 2.24) is 0 Å². The number of hydrogen-bond acceptors (Lipinski definition) is 4. The molecule has 110 valence electrons. The van der Waals surface area contributed by atoms with Gasteiger partial charge in [-0.3, -0.25) is 10.1 Å². The SMILES string of the molecule is Nc1ccc(COc2cc(Br)cc(F)c2F)cc1[N+](=O)[O-]. The van der Waals surface area contributed by atoms with Gasteiger partial charge in [-0.25, -0.2) is 4.39 Å². The molecule has 2 rings (SSSR count). The molecule has 21 heavy (non-hydrogen) atoms. The van der Waals surface area contributed by atoms with Crippen molar-refractivity contribution >= 4 is 27.3 Å². The van der Waals surface area contributed by atoms with E-state index in [-0.39, 0.29) is 23.7 Å². The molecule has 0 heterocycles. The molecule has 0 spiro atoms. The van der Waals surface area contributed by atoms with Gasteiger partial charge in [0.2, 0.25) is 5.82 Å². The molecule has 0 bridgehead atoms. The Labute approximate surface area is 126 Å². The zero-order valence-electron chi connectivity index (χ0n) is 10.5. The molecule has 0 saturated carbocycles. The predicted octanol–water partition coefficient (Wildman–Crippen LogP) is 3.80. The van der Waals surface area contributed by atoms with Crippen LogP contribution in [0.5, 0.6) is 5.75 Å². The van der Waals surface area contributed by atoms with E-state index < -0.39 is 16.6 Å². The lowest BCUT2D eigenvalue weighted by atomic mass is 10.2. The van der Waals surface area contributed by atoms with Gasteiger partial charge >= 0.3 is 0 Å². The number of nitrogens with zero attached hydrogens (tertiary/aromatic N) is 1. The van der Waals surface area contributed by atoms with Gasteiger partial charge in [-0.05, 0) is 23.8 Å². The predicted molar refractivity (Wildman–Crippen MR) is 75.9 cm³/mol. The molecule has 0 atom stereocenters. The van der Waals surface area contributed by atoms with E-state index in [2.05, 4.69) is 15.9 Å². The summed E-state index contributed by atoms with van der Waals surface area (Å²) in [5.74, 6) is -2.47. The number of hydrogen-bond donors (Lipinski definition) is 1. The second-order valence-electron chi connectivity index (χ2n) is 4.14. The summed E-state index contributed by atoms with van der Waals surface area (Å²) in [6, 6.07) is 6.32. The van der Waals surface area contributed by atoms with E-state index in [1.807, 2.05) is 0 Å². The number of nitrogen functional groups attached to an aromatic ring is 1. The highest BCUT2D eigenvalue weighted by Gasteiger charge is 2.14. The Morgan fingerprint density at radius 1 is 1.29 bits per heavy atom. The quantitative estimate of drug-likeness (QED) is 0.390. The minimum Gasteiger partial charge on any atom is -0.486 e. The normalized spacial score (nSPS) is 10.4. The molecule has 0 unspecified atom stereocenters. The van der Waals surface area contributed by atoms with Gasteiger partial charge in [-0.1, -0.05) is 22.0 Å². The fourth-order valence-corrected chi connectivity index (χ4v) is 2.04. The number of rotatable bonds is 4. The molecule has 0 fully saturated rings. The topological polar surface area (TPSA) is 78.4 Å². The van der Waals surface area contributed by atoms with Gasteiger partial charge in [-0.2, -0.15) is 4.39 Å². The van der Waals surface area contributed by atoms with Crippen LogP contribution >= 0.6 is 15.9 Å². The summed E-state index contributed by atoms with van der Waals surface area (Å²) in [4.78, 5) is 10.1. The fourth-order valence-electron chi connectivity index (χ4n) is 1.64. The number of anilines is 1. The van der Waals surface area contributed by atoms with Gasteiger partial charge in [0.15, 0.2) is 11.6 Å². The van der Waals surface area contributed by atoms with Crippen LogP contribution in [0.15, 0.2) is 34.8 Å². The van der Waals surface area contributed by atoms with Crippen molar-refractivity contribution < 1.29 is 18.4 Å². The average molecular weight is 359 g/mol. The molecule has 0 amide bonds. The summed E-state index contributed by atoms with van der Waals surface area (Å²) in [5, 5.41) is 10.8. The van der Waals surface area contributed by atoms with Crippen molar-refractivity contribution in [1.29, 1.82) is 0 Å². The molecular weight excluding hydrogens is 350 g/mol. The number of nitro benzene ring substituents is 1. The zero-order valence-corrected chi connectivity index (χ0v) is 12.1. The standard InChI is InChI=1S/C13H9BrF2N2O3/c14-8-4-9(15)13(16)12(5-8)21-6-7-1-2-10(17)11(3-7)18(19)20/h1-5H,6,17H2. The van der Waals surface area contributed by atoms with Crippen LogP contribution in [0.3, 0.4) is 0 Å². The van der Waals surface area contributed by atoms with E-state index in [1.54, 1.807) is 0 Å². The van der Waals surface area contributed by atoms with Crippen LogP contribution in [0, 0.1) is 21.7 Å². The molecule has 8 heteroatoms. The summed E-state index contributed by atoms with van der Waals surface area (Å²) in [6.07, 6.45) is 0. The smallest absolute Gasteiger partial charge is 0.292 e. The van der Waals surface area contributed by atoms with E-state index in [4.69, 9.17) is 10.5 Å². The third-order valence-electron chi connectivity index (χ3n) is 2.65. The Morgan fingerprint density at radius 2 is 2.00 bits per heavy atom. The lowest BCUT2D eigenvalue weighted by Crippen LogP contribution is -2.01. The Balaban J connectivity index is 2.21. The van der Waals surface area contributed by atoms with Gasteiger partial charge in [0.05, 0.1) is 4.92 Å². The summed E-state index contributed by atoms with van der Waals surface area (Å²) >= 11 is 3.02. The molecule has 5 nitrogen and oxygen atoms in total. The Hall–Kier alpha value is -2.22. The van der Waals surface area contributed by atoms with Crippen molar-refractivity contribution in [3.8, 4) is 5.75 Å². The molecule has 2 aromatic rings. The van der Waals surface area contributed by atoms with Crippen molar-refractivity contribution in [3.05, 3.63) is 62.1 Å². The largest absolute Gasteiger partial charge is 0.486 e. The van der Waals surface area contributed by atoms with Crippen LogP contribution in [0.2, 0.25) is 0 Å². The second-order valence-corrected chi connectivity index (χ2v) is 5.05. The monoisotopic (exact) mass is 358 g/mol. The number of nitro groups is 1. The molecule has 0 saturated heterocycles. The van der Waals surface area contributed by atoms with Crippen molar-refractivity contribution in [2.75, 3.05) is 5.73 Å². The fraction of sp³-hybridized carbons (Fsp3) is 0.0769. The molecule has 0 aliphatic rings. The highest BCUT2D eigenvalue weighted by molar-refractivity contribution is 9.10. The first kappa shape index (κ1) is 15.2. The number of nitrogens with two attached hydrogens (primary N) is 1. The lowest BCUT2D eigenvalue weighted by molar-refractivity contribution is -0.384. The maximum absolute atomic E-state index is 13.5. The molecule has 0 aliphatic carbocycles. The van der Waals surface area contributed by atoms with Gasteiger partial charge in [0.25, 0.3) is 5.69 Å². The maximum atomic E-state index is 13.5. The first-order chi connectivity index (χ1) is 9.88. The summed E-state index contributed by atoms with van der Waals surface area (Å²) in [6.45, 7) is -0.159. The number of benzene rings is 2. The lowest BCUT2D eigenvalue weighted by Gasteiger charge is -2.09. The van der Waals surface area contributed by atoms with Crippen molar-refractivity contribution in [2.45, 2.75) is 6.61 Å². The highest BCUT2D eigenvalue weighted by atomic mass is 79.9. The molecule has 0 aromatic heterocycles. The summed E-state index contributed by atoms with van der Waals surface area (Å²) in [7, 11) is 0. The third-order valence-corrected chi connectivity index (χ3v) is 3.10. The van der Waals surface area contributed by atoms with Gasteiger partial charge < -0.3 is 10.5 Å². The molecule has 2 N–H and O–H groups in total. The molecular formula is C13H9BrF2N2O3. The second kappa shape index (κ2) is 6.04. The number of halogens is 3.